The molecule has 0 unspecified atom stereocenters. The van der Waals surface area contributed by atoms with Gasteiger partial charge in [0.2, 0.25) is 0 Å². The van der Waals surface area contributed by atoms with E-state index in [4.69, 9.17) is 0 Å². The highest BCUT2D eigenvalue weighted by Gasteiger charge is 2.25. The van der Waals surface area contributed by atoms with Crippen molar-refractivity contribution >= 4 is 18.5 Å². The number of amides is 1. The normalized spacial score (nSPS) is 19.0. The van der Waals surface area contributed by atoms with Crippen LogP contribution in [0.5, 0.6) is 0 Å². The monoisotopic (exact) mass is 263 g/mol. The summed E-state index contributed by atoms with van der Waals surface area (Å²) in [6.45, 7) is 1.70. The van der Waals surface area contributed by atoms with Crippen molar-refractivity contribution in [3.63, 3.8) is 0 Å². The molecular weight excluding hydrogens is 252 g/mol. The maximum atomic E-state index is 13.6. The Kier molecular flexibility index (Phi) is 4.28. The van der Waals surface area contributed by atoms with E-state index in [1.165, 1.54) is 19.1 Å². The summed E-state index contributed by atoms with van der Waals surface area (Å²) in [6.07, 6.45) is -0.165. The number of aryl methyl sites for hydroxylation is 1. The van der Waals surface area contributed by atoms with Crippen LogP contribution >= 0.6 is 12.4 Å². The molecule has 3 nitrogen and oxygen atoms in total. The van der Waals surface area contributed by atoms with Gasteiger partial charge >= 0.3 is 6.09 Å². The second-order valence-corrected chi connectivity index (χ2v) is 3.72. The largest absolute Gasteiger partial charge is 0.449 e. The molecule has 1 aromatic rings. The maximum absolute atomic E-state index is 13.6. The molecule has 0 bridgehead atoms. The minimum absolute atomic E-state index is 0. The summed E-state index contributed by atoms with van der Waals surface area (Å²) in [5, 5.41) is 2.45. The topological polar surface area (TPSA) is 38.3 Å². The smallest absolute Gasteiger partial charge is 0.407 e. The van der Waals surface area contributed by atoms with Crippen LogP contribution in [-0.4, -0.2) is 12.7 Å². The minimum Gasteiger partial charge on any atom is -0.449 e. The van der Waals surface area contributed by atoms with E-state index < -0.39 is 23.8 Å². The third-order valence-electron chi connectivity index (χ3n) is 2.61. The lowest BCUT2D eigenvalue weighted by Crippen LogP contribution is -2.35. The fourth-order valence-corrected chi connectivity index (χ4v) is 1.69. The number of hydrogen-bond donors (Lipinski definition) is 1. The molecule has 1 saturated heterocycles. The number of benzene rings is 1. The van der Waals surface area contributed by atoms with Gasteiger partial charge in [0.25, 0.3) is 0 Å². The number of nitrogens with one attached hydrogen (secondary N) is 1. The number of carbonyl (C=O) groups is 1. The van der Waals surface area contributed by atoms with E-state index in [0.717, 1.165) is 0 Å². The molecule has 0 aromatic heterocycles. The van der Waals surface area contributed by atoms with Crippen molar-refractivity contribution in [2.24, 2.45) is 0 Å². The third kappa shape index (κ3) is 2.66. The number of hydrogen-bond acceptors (Lipinski definition) is 2. The number of ether oxygens (including phenoxy) is 1. The molecule has 6 heteroatoms. The first-order valence-corrected chi connectivity index (χ1v) is 4.97. The zero-order valence-electron chi connectivity index (χ0n) is 9.13. The van der Waals surface area contributed by atoms with Gasteiger partial charge in [-0.2, -0.15) is 0 Å². The lowest BCUT2D eigenvalue weighted by molar-refractivity contribution is 0.115. The molecule has 0 saturated carbocycles. The van der Waals surface area contributed by atoms with Crippen molar-refractivity contribution in [3.8, 4) is 0 Å². The second-order valence-electron chi connectivity index (χ2n) is 3.72. The molecule has 0 aliphatic carbocycles. The van der Waals surface area contributed by atoms with E-state index in [2.05, 4.69) is 10.1 Å². The third-order valence-corrected chi connectivity index (χ3v) is 2.61. The number of alkyl carbamates (subject to hydrolysis) is 1. The standard InChI is InChI=1S/C11H11F2NO2.ClH/c1-6-2-3-7(10(13)9(6)12)8-4-5-16-11(15)14-8;/h2-3,8H,4-5H2,1H3,(H,14,15);1H/t8-;/m0./s1. The molecule has 1 aliphatic rings. The molecule has 1 aromatic carbocycles. The van der Waals surface area contributed by atoms with Gasteiger partial charge in [0, 0.05) is 12.0 Å². The van der Waals surface area contributed by atoms with Gasteiger partial charge in [-0.1, -0.05) is 12.1 Å². The summed E-state index contributed by atoms with van der Waals surface area (Å²) < 4.78 is 31.6. The predicted octanol–water partition coefficient (Wildman–Crippen LogP) is 2.87. The molecule has 0 radical (unpaired) electrons. The van der Waals surface area contributed by atoms with Crippen LogP contribution in [0.1, 0.15) is 23.6 Å². The molecule has 1 heterocycles. The first kappa shape index (κ1) is 13.7. The van der Waals surface area contributed by atoms with Crippen LogP contribution in [0.4, 0.5) is 13.6 Å². The number of carbonyl (C=O) groups excluding carboxylic acids is 1. The van der Waals surface area contributed by atoms with Gasteiger partial charge in [-0.25, -0.2) is 13.6 Å². The van der Waals surface area contributed by atoms with Gasteiger partial charge in [-0.05, 0) is 12.5 Å². The van der Waals surface area contributed by atoms with Gasteiger partial charge in [0.05, 0.1) is 12.6 Å². The lowest BCUT2D eigenvalue weighted by Gasteiger charge is -2.24. The first-order chi connectivity index (χ1) is 7.59. The van der Waals surface area contributed by atoms with E-state index in [1.807, 2.05) is 0 Å². The van der Waals surface area contributed by atoms with E-state index >= 15 is 0 Å². The van der Waals surface area contributed by atoms with Crippen molar-refractivity contribution < 1.29 is 18.3 Å². The Morgan fingerprint density at radius 1 is 1.35 bits per heavy atom. The Hall–Kier alpha value is -1.36. The highest BCUT2D eigenvalue weighted by Crippen LogP contribution is 2.25. The molecule has 2 rings (SSSR count). The molecule has 94 valence electrons. The second kappa shape index (κ2) is 5.31. The Morgan fingerprint density at radius 2 is 2.06 bits per heavy atom. The Morgan fingerprint density at radius 3 is 2.71 bits per heavy atom. The van der Waals surface area contributed by atoms with Gasteiger partial charge in [-0.3, -0.25) is 0 Å². The van der Waals surface area contributed by atoms with E-state index in [0.29, 0.717) is 6.42 Å². The highest BCUT2D eigenvalue weighted by molar-refractivity contribution is 5.85. The van der Waals surface area contributed by atoms with Crippen LogP contribution in [0.25, 0.3) is 0 Å². The molecule has 1 N–H and O–H groups in total. The quantitative estimate of drug-likeness (QED) is 0.846. The van der Waals surface area contributed by atoms with Gasteiger partial charge in [0.1, 0.15) is 0 Å². The van der Waals surface area contributed by atoms with E-state index in [1.54, 1.807) is 0 Å². The minimum atomic E-state index is -0.896. The summed E-state index contributed by atoms with van der Waals surface area (Å²) in [5.74, 6) is -1.76. The summed E-state index contributed by atoms with van der Waals surface area (Å²) in [7, 11) is 0. The summed E-state index contributed by atoms with van der Waals surface area (Å²) in [4.78, 5) is 11.0. The van der Waals surface area contributed by atoms with Crippen LogP contribution in [0.2, 0.25) is 0 Å². The lowest BCUT2D eigenvalue weighted by atomic mass is 10.0. The van der Waals surface area contributed by atoms with Crippen LogP contribution in [0.15, 0.2) is 12.1 Å². The average Bonchev–Trinajstić information content (AvgIpc) is 2.26. The van der Waals surface area contributed by atoms with Crippen molar-refractivity contribution in [3.05, 3.63) is 34.9 Å². The number of halogens is 3. The molecule has 1 fully saturated rings. The fourth-order valence-electron chi connectivity index (χ4n) is 1.69. The van der Waals surface area contributed by atoms with Crippen LogP contribution in [0, 0.1) is 18.6 Å². The van der Waals surface area contributed by atoms with Crippen molar-refractivity contribution in [2.75, 3.05) is 6.61 Å². The Labute approximate surface area is 104 Å². The van der Waals surface area contributed by atoms with Gasteiger partial charge in [-0.15, -0.1) is 12.4 Å². The SMILES string of the molecule is Cc1ccc([C@@H]2CCOC(=O)N2)c(F)c1F.Cl. The zero-order valence-corrected chi connectivity index (χ0v) is 9.94. The van der Waals surface area contributed by atoms with Crippen molar-refractivity contribution in [1.29, 1.82) is 0 Å². The molecule has 17 heavy (non-hydrogen) atoms. The molecule has 1 amide bonds. The van der Waals surface area contributed by atoms with Crippen LogP contribution in [-0.2, 0) is 4.74 Å². The average molecular weight is 264 g/mol. The predicted molar refractivity (Wildman–Crippen MR) is 60.2 cm³/mol. The highest BCUT2D eigenvalue weighted by atomic mass is 35.5. The van der Waals surface area contributed by atoms with Crippen molar-refractivity contribution in [2.45, 2.75) is 19.4 Å². The Balaban J connectivity index is 0.00000144. The number of rotatable bonds is 1. The maximum Gasteiger partial charge on any atom is 0.407 e. The first-order valence-electron chi connectivity index (χ1n) is 4.97. The molecule has 1 aliphatic heterocycles. The summed E-state index contributed by atoms with van der Waals surface area (Å²) >= 11 is 0. The molecular formula is C11H12ClF2NO2. The van der Waals surface area contributed by atoms with E-state index in [-0.39, 0.29) is 30.1 Å². The number of cyclic esters (lactones) is 1. The molecule has 0 spiro atoms. The summed E-state index contributed by atoms with van der Waals surface area (Å²) in [6, 6.07) is 2.47. The van der Waals surface area contributed by atoms with Crippen LogP contribution < -0.4 is 5.32 Å². The van der Waals surface area contributed by atoms with Crippen molar-refractivity contribution in [1.82, 2.24) is 5.32 Å². The summed E-state index contributed by atoms with van der Waals surface area (Å²) in [5.41, 5.74) is 0.416. The van der Waals surface area contributed by atoms with Crippen LogP contribution in [0.3, 0.4) is 0 Å². The van der Waals surface area contributed by atoms with Gasteiger partial charge < -0.3 is 10.1 Å². The zero-order chi connectivity index (χ0) is 11.7. The Bertz CT molecular complexity index is 440. The van der Waals surface area contributed by atoms with Gasteiger partial charge in [0.15, 0.2) is 11.6 Å². The fraction of sp³-hybridized carbons (Fsp3) is 0.364. The molecule has 1 atom stereocenters. The van der Waals surface area contributed by atoms with E-state index in [9.17, 15) is 13.6 Å².